The highest BCUT2D eigenvalue weighted by molar-refractivity contribution is 5.52. The summed E-state index contributed by atoms with van der Waals surface area (Å²) >= 11 is 0. The molecule has 0 saturated carbocycles. The van der Waals surface area contributed by atoms with Gasteiger partial charge < -0.3 is 4.74 Å². The third-order valence-corrected chi connectivity index (χ3v) is 4.42. The van der Waals surface area contributed by atoms with Crippen LogP contribution in [0.2, 0.25) is 0 Å². The monoisotopic (exact) mass is 333 g/mol. The summed E-state index contributed by atoms with van der Waals surface area (Å²) in [6.45, 7) is 2.67. The average Bonchev–Trinajstić information content (AvgIpc) is 2.68. The Hall–Kier alpha value is -2.86. The van der Waals surface area contributed by atoms with Gasteiger partial charge in [-0.05, 0) is 6.07 Å². The van der Waals surface area contributed by atoms with Gasteiger partial charge in [-0.15, -0.1) is 0 Å². The first-order valence-electron chi connectivity index (χ1n) is 8.28. The van der Waals surface area contributed by atoms with Gasteiger partial charge in [-0.2, -0.15) is 0 Å². The molecule has 4 rings (SSSR count). The molecule has 25 heavy (non-hydrogen) atoms. The van der Waals surface area contributed by atoms with Crippen molar-refractivity contribution in [2.75, 3.05) is 13.7 Å². The molecule has 0 saturated heterocycles. The maximum atomic E-state index is 5.46. The van der Waals surface area contributed by atoms with Crippen LogP contribution in [0.15, 0.2) is 49.2 Å². The molecule has 0 fully saturated rings. The summed E-state index contributed by atoms with van der Waals surface area (Å²) in [4.78, 5) is 19.7. The fraction of sp³-hybridized carbons (Fsp3) is 0.263. The number of hydrogen-bond donors (Lipinski definition) is 0. The second-order valence-corrected chi connectivity index (χ2v) is 6.07. The second kappa shape index (κ2) is 6.94. The number of para-hydroxylation sites is 1. The van der Waals surface area contributed by atoms with Crippen LogP contribution >= 0.6 is 0 Å². The van der Waals surface area contributed by atoms with Crippen molar-refractivity contribution in [2.24, 2.45) is 0 Å². The number of ether oxygens (including phenoxy) is 1. The fourth-order valence-electron chi connectivity index (χ4n) is 3.14. The van der Waals surface area contributed by atoms with Gasteiger partial charge in [0.2, 0.25) is 0 Å². The predicted octanol–water partition coefficient (Wildman–Crippen LogP) is 2.50. The normalized spacial score (nSPS) is 14.1. The first-order chi connectivity index (χ1) is 12.3. The Bertz CT molecular complexity index is 869. The molecule has 3 heterocycles. The van der Waals surface area contributed by atoms with Crippen molar-refractivity contribution in [1.29, 1.82) is 0 Å². The van der Waals surface area contributed by atoms with Gasteiger partial charge in [0.15, 0.2) is 5.82 Å². The predicted molar refractivity (Wildman–Crippen MR) is 93.9 cm³/mol. The Morgan fingerprint density at radius 1 is 1.12 bits per heavy atom. The summed E-state index contributed by atoms with van der Waals surface area (Å²) in [5, 5.41) is 0. The van der Waals surface area contributed by atoms with Crippen LogP contribution in [0, 0.1) is 0 Å². The van der Waals surface area contributed by atoms with E-state index in [1.54, 1.807) is 19.5 Å². The highest BCUT2D eigenvalue weighted by Gasteiger charge is 2.20. The molecule has 1 aliphatic rings. The molecule has 126 valence electrons. The first kappa shape index (κ1) is 15.7. The molecule has 6 nitrogen and oxygen atoms in total. The molecule has 0 aliphatic carbocycles. The van der Waals surface area contributed by atoms with Crippen molar-refractivity contribution in [3.63, 3.8) is 0 Å². The number of fused-ring (bicyclic) bond motifs is 1. The second-order valence-electron chi connectivity index (χ2n) is 6.07. The van der Waals surface area contributed by atoms with Crippen molar-refractivity contribution in [1.82, 2.24) is 24.8 Å². The van der Waals surface area contributed by atoms with Crippen molar-refractivity contribution in [2.45, 2.75) is 19.5 Å². The zero-order valence-electron chi connectivity index (χ0n) is 14.1. The summed E-state index contributed by atoms with van der Waals surface area (Å²) in [6.07, 6.45) is 7.83. The van der Waals surface area contributed by atoms with Crippen LogP contribution in [-0.4, -0.2) is 38.5 Å². The van der Waals surface area contributed by atoms with Crippen LogP contribution in [0.5, 0.6) is 5.75 Å². The first-order valence-corrected chi connectivity index (χ1v) is 8.28. The van der Waals surface area contributed by atoms with Crippen LogP contribution < -0.4 is 4.74 Å². The summed E-state index contributed by atoms with van der Waals surface area (Å²) < 4.78 is 5.46. The molecule has 0 spiro atoms. The number of hydrogen-bond acceptors (Lipinski definition) is 6. The molecule has 0 atom stereocenters. The Labute approximate surface area is 146 Å². The molecule has 2 aromatic heterocycles. The Morgan fingerprint density at radius 3 is 2.80 bits per heavy atom. The number of rotatable bonds is 4. The van der Waals surface area contributed by atoms with E-state index in [2.05, 4.69) is 25.9 Å². The molecule has 6 heteroatoms. The lowest BCUT2D eigenvalue weighted by atomic mass is 10.1. The van der Waals surface area contributed by atoms with E-state index in [9.17, 15) is 0 Å². The Kier molecular flexibility index (Phi) is 4.35. The molecule has 3 aromatic rings. The van der Waals surface area contributed by atoms with Crippen LogP contribution in [0.4, 0.5) is 0 Å². The number of benzene rings is 1. The van der Waals surface area contributed by atoms with Gasteiger partial charge in [0.25, 0.3) is 0 Å². The maximum absolute atomic E-state index is 5.46. The minimum atomic E-state index is 0.692. The largest absolute Gasteiger partial charge is 0.496 e. The smallest absolute Gasteiger partial charge is 0.162 e. The van der Waals surface area contributed by atoms with Crippen molar-refractivity contribution < 1.29 is 4.74 Å². The lowest BCUT2D eigenvalue weighted by Gasteiger charge is -2.28. The zero-order chi connectivity index (χ0) is 17.1. The van der Waals surface area contributed by atoms with Gasteiger partial charge in [-0.3, -0.25) is 4.90 Å². The average molecular weight is 333 g/mol. The number of methoxy groups -OCH3 is 1. The van der Waals surface area contributed by atoms with E-state index in [1.807, 2.05) is 24.4 Å². The summed E-state index contributed by atoms with van der Waals surface area (Å²) in [6, 6.07) is 8.16. The molecule has 0 N–H and O–H groups in total. The van der Waals surface area contributed by atoms with E-state index in [0.717, 1.165) is 43.1 Å². The fourth-order valence-corrected chi connectivity index (χ4v) is 3.14. The molecular weight excluding hydrogens is 314 g/mol. The molecule has 0 radical (unpaired) electrons. The minimum Gasteiger partial charge on any atom is -0.496 e. The van der Waals surface area contributed by atoms with Crippen molar-refractivity contribution in [3.8, 4) is 17.1 Å². The van der Waals surface area contributed by atoms with Crippen molar-refractivity contribution in [3.05, 3.63) is 66.0 Å². The van der Waals surface area contributed by atoms with Gasteiger partial charge in [-0.25, -0.2) is 19.9 Å². The summed E-state index contributed by atoms with van der Waals surface area (Å²) in [5.74, 6) is 1.63. The van der Waals surface area contributed by atoms with E-state index in [4.69, 9.17) is 9.72 Å². The van der Waals surface area contributed by atoms with E-state index in [-0.39, 0.29) is 0 Å². The minimum absolute atomic E-state index is 0.692. The number of aromatic nitrogens is 4. The highest BCUT2D eigenvalue weighted by atomic mass is 16.5. The van der Waals surface area contributed by atoms with Crippen LogP contribution in [0.25, 0.3) is 11.4 Å². The highest BCUT2D eigenvalue weighted by Crippen LogP contribution is 2.24. The summed E-state index contributed by atoms with van der Waals surface area (Å²) in [7, 11) is 1.72. The number of nitrogens with zero attached hydrogens (tertiary/aromatic N) is 5. The topological polar surface area (TPSA) is 64.0 Å². The molecular formula is C19H19N5O. The SMILES string of the molecule is COc1ccccc1CN1CCc2nc(-c3cncnc3)ncc2C1. The van der Waals surface area contributed by atoms with Gasteiger partial charge in [0.05, 0.1) is 18.4 Å². The Morgan fingerprint density at radius 2 is 1.96 bits per heavy atom. The van der Waals surface area contributed by atoms with Crippen molar-refractivity contribution >= 4 is 0 Å². The molecule has 0 bridgehead atoms. The third-order valence-electron chi connectivity index (χ3n) is 4.42. The molecule has 0 unspecified atom stereocenters. The molecule has 1 aliphatic heterocycles. The lowest BCUT2D eigenvalue weighted by Crippen LogP contribution is -2.31. The van der Waals surface area contributed by atoms with Crippen LogP contribution in [0.3, 0.4) is 0 Å². The standard InChI is InChI=1S/C19H19N5O/c1-25-18-5-3-2-4-14(18)11-24-7-6-17-16(12-24)10-22-19(23-17)15-8-20-13-21-9-15/h2-5,8-10,13H,6-7,11-12H2,1H3. The van der Waals surface area contributed by atoms with Gasteiger partial charge in [-0.1, -0.05) is 18.2 Å². The quantitative estimate of drug-likeness (QED) is 0.731. The summed E-state index contributed by atoms with van der Waals surface area (Å²) in [5.41, 5.74) is 4.35. The third kappa shape index (κ3) is 3.34. The van der Waals surface area contributed by atoms with E-state index < -0.39 is 0 Å². The lowest BCUT2D eigenvalue weighted by molar-refractivity contribution is 0.239. The maximum Gasteiger partial charge on any atom is 0.162 e. The van der Waals surface area contributed by atoms with E-state index in [1.165, 1.54) is 17.5 Å². The Balaban J connectivity index is 1.52. The van der Waals surface area contributed by atoms with Crippen LogP contribution in [0.1, 0.15) is 16.8 Å². The molecule has 1 aromatic carbocycles. The van der Waals surface area contributed by atoms with Gasteiger partial charge >= 0.3 is 0 Å². The van der Waals surface area contributed by atoms with Gasteiger partial charge in [0.1, 0.15) is 12.1 Å². The van der Waals surface area contributed by atoms with Crippen LogP contribution in [-0.2, 0) is 19.5 Å². The van der Waals surface area contributed by atoms with E-state index in [0.29, 0.717) is 5.82 Å². The van der Waals surface area contributed by atoms with E-state index >= 15 is 0 Å². The van der Waals surface area contributed by atoms with Gasteiger partial charge in [0, 0.05) is 55.8 Å². The molecule has 0 amide bonds. The zero-order valence-corrected chi connectivity index (χ0v) is 14.1.